The van der Waals surface area contributed by atoms with E-state index < -0.39 is 0 Å². The number of amides is 1. The van der Waals surface area contributed by atoms with Gasteiger partial charge in [-0.05, 0) is 51.7 Å². The van der Waals surface area contributed by atoms with Gasteiger partial charge < -0.3 is 20.7 Å². The Morgan fingerprint density at radius 2 is 1.77 bits per heavy atom. The predicted octanol–water partition coefficient (Wildman–Crippen LogP) is 1.51. The van der Waals surface area contributed by atoms with Crippen molar-refractivity contribution in [2.75, 3.05) is 40.4 Å². The molecule has 2 fully saturated rings. The maximum atomic E-state index is 12.5. The molecule has 5 heteroatoms. The van der Waals surface area contributed by atoms with Crippen LogP contribution in [0.4, 0.5) is 0 Å². The summed E-state index contributed by atoms with van der Waals surface area (Å²) in [6.45, 7) is 2.90. The van der Waals surface area contributed by atoms with Crippen molar-refractivity contribution in [3.63, 3.8) is 0 Å². The first-order valence-corrected chi connectivity index (χ1v) is 8.74. The Bertz CT molecular complexity index is 359. The van der Waals surface area contributed by atoms with Crippen molar-refractivity contribution in [2.45, 2.75) is 56.9 Å². The number of hydrogen-bond donors (Lipinski definition) is 2. The van der Waals surface area contributed by atoms with Crippen LogP contribution in [0.3, 0.4) is 0 Å². The largest absolute Gasteiger partial charge is 0.381 e. The van der Waals surface area contributed by atoms with Crippen molar-refractivity contribution in [3.8, 4) is 0 Å². The van der Waals surface area contributed by atoms with E-state index in [1.807, 2.05) is 0 Å². The third kappa shape index (κ3) is 4.21. The monoisotopic (exact) mass is 311 g/mol. The quantitative estimate of drug-likeness (QED) is 0.780. The van der Waals surface area contributed by atoms with Gasteiger partial charge in [-0.15, -0.1) is 0 Å². The average Bonchev–Trinajstić information content (AvgIpc) is 2.54. The van der Waals surface area contributed by atoms with Crippen LogP contribution < -0.4 is 11.1 Å². The molecule has 0 bridgehead atoms. The first-order chi connectivity index (χ1) is 10.5. The van der Waals surface area contributed by atoms with Crippen molar-refractivity contribution in [2.24, 2.45) is 11.1 Å². The Morgan fingerprint density at radius 3 is 2.32 bits per heavy atom. The Balaban J connectivity index is 1.88. The highest BCUT2D eigenvalue weighted by molar-refractivity contribution is 5.76. The van der Waals surface area contributed by atoms with E-state index in [1.54, 1.807) is 0 Å². The predicted molar refractivity (Wildman–Crippen MR) is 88.7 cm³/mol. The first-order valence-electron chi connectivity index (χ1n) is 8.74. The van der Waals surface area contributed by atoms with Crippen LogP contribution in [0.5, 0.6) is 0 Å². The van der Waals surface area contributed by atoms with Crippen LogP contribution in [-0.4, -0.2) is 56.7 Å². The van der Waals surface area contributed by atoms with E-state index >= 15 is 0 Å². The van der Waals surface area contributed by atoms with Gasteiger partial charge in [-0.1, -0.05) is 19.3 Å². The molecule has 1 saturated heterocycles. The Hall–Kier alpha value is -0.650. The summed E-state index contributed by atoms with van der Waals surface area (Å²) in [7, 11) is 4.19. The van der Waals surface area contributed by atoms with E-state index in [0.29, 0.717) is 19.5 Å². The maximum Gasteiger partial charge on any atom is 0.220 e. The summed E-state index contributed by atoms with van der Waals surface area (Å²) in [4.78, 5) is 14.7. The number of rotatable bonds is 6. The number of hydrogen-bond acceptors (Lipinski definition) is 4. The molecular formula is C17H33N3O2. The molecular weight excluding hydrogens is 278 g/mol. The molecule has 0 spiro atoms. The second-order valence-electron chi connectivity index (χ2n) is 7.45. The molecule has 1 aliphatic heterocycles. The molecule has 1 amide bonds. The minimum atomic E-state index is 0.0380. The van der Waals surface area contributed by atoms with Crippen molar-refractivity contribution < 1.29 is 9.53 Å². The Kier molecular flexibility index (Phi) is 6.24. The molecule has 0 aromatic rings. The fraction of sp³-hybridized carbons (Fsp3) is 0.941. The number of nitrogens with zero attached hydrogens (tertiary/aromatic N) is 1. The zero-order valence-electron chi connectivity index (χ0n) is 14.3. The van der Waals surface area contributed by atoms with Crippen molar-refractivity contribution in [1.82, 2.24) is 10.2 Å². The van der Waals surface area contributed by atoms with Crippen LogP contribution in [-0.2, 0) is 9.53 Å². The van der Waals surface area contributed by atoms with Crippen LogP contribution >= 0.6 is 0 Å². The van der Waals surface area contributed by atoms with E-state index in [-0.39, 0.29) is 16.9 Å². The molecule has 3 N–H and O–H groups in total. The van der Waals surface area contributed by atoms with E-state index in [0.717, 1.165) is 38.9 Å². The van der Waals surface area contributed by atoms with Gasteiger partial charge in [0, 0.05) is 31.7 Å². The van der Waals surface area contributed by atoms with Gasteiger partial charge in [-0.2, -0.15) is 0 Å². The van der Waals surface area contributed by atoms with Crippen LogP contribution in [0.15, 0.2) is 0 Å². The number of ether oxygens (including phenoxy) is 1. The van der Waals surface area contributed by atoms with Gasteiger partial charge in [0.25, 0.3) is 0 Å². The van der Waals surface area contributed by atoms with Gasteiger partial charge >= 0.3 is 0 Å². The van der Waals surface area contributed by atoms with Crippen LogP contribution in [0, 0.1) is 5.41 Å². The maximum absolute atomic E-state index is 12.5. The standard InChI is InChI=1S/C17H33N3O2/c1-20(2)17(8-10-22-11-9-17)14-19-15(21)12-16(13-18)6-4-3-5-7-16/h3-14,18H2,1-2H3,(H,19,21). The van der Waals surface area contributed by atoms with E-state index in [2.05, 4.69) is 24.3 Å². The number of nitrogens with one attached hydrogen (secondary N) is 1. The highest BCUT2D eigenvalue weighted by Crippen LogP contribution is 2.38. The molecule has 0 aromatic heterocycles. The van der Waals surface area contributed by atoms with E-state index in [4.69, 9.17) is 10.5 Å². The molecule has 1 aliphatic carbocycles. The van der Waals surface area contributed by atoms with Gasteiger partial charge in [0.15, 0.2) is 0 Å². The van der Waals surface area contributed by atoms with Crippen LogP contribution in [0.1, 0.15) is 51.4 Å². The zero-order chi connectivity index (χ0) is 16.1. The summed E-state index contributed by atoms with van der Waals surface area (Å²) in [5.74, 6) is 0.167. The summed E-state index contributed by atoms with van der Waals surface area (Å²) in [5.41, 5.74) is 6.08. The molecule has 0 atom stereocenters. The molecule has 0 unspecified atom stereocenters. The number of carbonyl (C=O) groups excluding carboxylic acids is 1. The molecule has 2 aliphatic rings. The number of carbonyl (C=O) groups is 1. The minimum Gasteiger partial charge on any atom is -0.381 e. The van der Waals surface area contributed by atoms with Crippen molar-refractivity contribution in [3.05, 3.63) is 0 Å². The number of nitrogens with two attached hydrogens (primary N) is 1. The van der Waals surface area contributed by atoms with Crippen molar-refractivity contribution in [1.29, 1.82) is 0 Å². The first kappa shape index (κ1) is 17.7. The second kappa shape index (κ2) is 7.75. The zero-order valence-corrected chi connectivity index (χ0v) is 14.3. The van der Waals surface area contributed by atoms with Crippen LogP contribution in [0.2, 0.25) is 0 Å². The highest BCUT2D eigenvalue weighted by atomic mass is 16.5. The Morgan fingerprint density at radius 1 is 1.14 bits per heavy atom. The lowest BCUT2D eigenvalue weighted by Gasteiger charge is -2.43. The number of likely N-dealkylation sites (N-methyl/N-ethyl adjacent to an activating group) is 1. The molecule has 0 aromatic carbocycles. The molecule has 1 saturated carbocycles. The molecule has 128 valence electrons. The van der Waals surface area contributed by atoms with Gasteiger partial charge in [0.2, 0.25) is 5.91 Å². The fourth-order valence-electron chi connectivity index (χ4n) is 3.95. The van der Waals surface area contributed by atoms with Gasteiger partial charge in [0.1, 0.15) is 0 Å². The molecule has 2 rings (SSSR count). The highest BCUT2D eigenvalue weighted by Gasteiger charge is 2.37. The molecule has 22 heavy (non-hydrogen) atoms. The van der Waals surface area contributed by atoms with Crippen LogP contribution in [0.25, 0.3) is 0 Å². The molecule has 1 heterocycles. The van der Waals surface area contributed by atoms with E-state index in [9.17, 15) is 4.79 Å². The summed E-state index contributed by atoms with van der Waals surface area (Å²) >= 11 is 0. The Labute approximate surface area is 134 Å². The van der Waals surface area contributed by atoms with Crippen molar-refractivity contribution >= 4 is 5.91 Å². The van der Waals surface area contributed by atoms with Gasteiger partial charge in [-0.25, -0.2) is 0 Å². The minimum absolute atomic E-state index is 0.0380. The third-order valence-corrected chi connectivity index (χ3v) is 5.87. The van der Waals surface area contributed by atoms with Gasteiger partial charge in [-0.3, -0.25) is 4.79 Å². The SMILES string of the molecule is CN(C)C1(CNC(=O)CC2(CN)CCCCC2)CCOCC1. The summed E-state index contributed by atoms with van der Waals surface area (Å²) < 4.78 is 5.48. The summed E-state index contributed by atoms with van der Waals surface area (Å²) in [6.07, 6.45) is 8.45. The third-order valence-electron chi connectivity index (χ3n) is 5.87. The lowest BCUT2D eigenvalue weighted by Crippen LogP contribution is -2.56. The normalized spacial score (nSPS) is 24.2. The second-order valence-corrected chi connectivity index (χ2v) is 7.45. The smallest absolute Gasteiger partial charge is 0.220 e. The molecule has 5 nitrogen and oxygen atoms in total. The average molecular weight is 311 g/mol. The lowest BCUT2D eigenvalue weighted by molar-refractivity contribution is -0.125. The van der Waals surface area contributed by atoms with E-state index in [1.165, 1.54) is 19.3 Å². The fourth-order valence-corrected chi connectivity index (χ4v) is 3.95. The lowest BCUT2D eigenvalue weighted by atomic mass is 9.71. The van der Waals surface area contributed by atoms with Gasteiger partial charge in [0.05, 0.1) is 0 Å². The topological polar surface area (TPSA) is 67.6 Å². The molecule has 0 radical (unpaired) electrons. The summed E-state index contributed by atoms with van der Waals surface area (Å²) in [5, 5.41) is 3.19. The summed E-state index contributed by atoms with van der Waals surface area (Å²) in [6, 6.07) is 0.